The van der Waals surface area contributed by atoms with Gasteiger partial charge in [-0.1, -0.05) is 68.1 Å². The molecule has 3 rings (SSSR count). The highest BCUT2D eigenvalue weighted by Crippen LogP contribution is 2.38. The zero-order valence-corrected chi connectivity index (χ0v) is 15.3. The van der Waals surface area contributed by atoms with E-state index < -0.39 is 6.10 Å². The minimum atomic E-state index is -0.463. The van der Waals surface area contributed by atoms with Gasteiger partial charge in [-0.25, -0.2) is 0 Å². The maximum atomic E-state index is 12.7. The van der Waals surface area contributed by atoms with Crippen LogP contribution < -0.4 is 4.74 Å². The largest absolute Gasteiger partial charge is 0.478 e. The molecule has 0 bridgehead atoms. The molecule has 0 saturated carbocycles. The first-order valence-corrected chi connectivity index (χ1v) is 9.36. The highest BCUT2D eigenvalue weighted by Gasteiger charge is 2.49. The van der Waals surface area contributed by atoms with E-state index in [-0.39, 0.29) is 11.9 Å². The number of unbranched alkanes of at least 4 members (excludes halogenated alkanes) is 3. The molecule has 1 heterocycles. The summed E-state index contributed by atoms with van der Waals surface area (Å²) in [5.74, 6) is 0.745. The molecule has 25 heavy (non-hydrogen) atoms. The topological polar surface area (TPSA) is 29.5 Å². The second-order valence-corrected chi connectivity index (χ2v) is 6.88. The number of β-lactam (4-membered cyclic amide) rings is 1. The van der Waals surface area contributed by atoms with E-state index in [1.165, 1.54) is 12.8 Å². The lowest BCUT2D eigenvalue weighted by molar-refractivity contribution is -0.164. The van der Waals surface area contributed by atoms with Crippen molar-refractivity contribution in [1.29, 1.82) is 0 Å². The first-order valence-electron chi connectivity index (χ1n) is 8.98. The molecule has 0 aliphatic carbocycles. The van der Waals surface area contributed by atoms with E-state index in [1.807, 2.05) is 35.2 Å². The van der Waals surface area contributed by atoms with Crippen molar-refractivity contribution in [2.75, 3.05) is 6.54 Å². The number of benzene rings is 2. The Morgan fingerprint density at radius 1 is 1.00 bits per heavy atom. The Kier molecular flexibility index (Phi) is 5.98. The molecule has 2 atom stereocenters. The van der Waals surface area contributed by atoms with Gasteiger partial charge in [0, 0.05) is 11.6 Å². The molecule has 0 radical (unpaired) electrons. The Hall–Kier alpha value is -2.00. The Morgan fingerprint density at radius 3 is 2.40 bits per heavy atom. The third-order valence-electron chi connectivity index (χ3n) is 4.62. The number of nitrogens with zero attached hydrogens (tertiary/aromatic N) is 1. The van der Waals surface area contributed by atoms with Crippen molar-refractivity contribution in [3.05, 3.63) is 65.2 Å². The quantitative estimate of drug-likeness (QED) is 0.477. The van der Waals surface area contributed by atoms with Gasteiger partial charge in [-0.05, 0) is 36.2 Å². The van der Waals surface area contributed by atoms with Gasteiger partial charge < -0.3 is 9.64 Å². The van der Waals surface area contributed by atoms with E-state index in [4.69, 9.17) is 16.3 Å². The van der Waals surface area contributed by atoms with Crippen LogP contribution in [0.3, 0.4) is 0 Å². The number of rotatable bonds is 8. The normalized spacial score (nSPS) is 19.6. The van der Waals surface area contributed by atoms with Gasteiger partial charge in [0.25, 0.3) is 5.91 Å². The van der Waals surface area contributed by atoms with Crippen LogP contribution in [0, 0.1) is 0 Å². The van der Waals surface area contributed by atoms with Gasteiger partial charge in [0.1, 0.15) is 11.8 Å². The third-order valence-corrected chi connectivity index (χ3v) is 4.87. The third kappa shape index (κ3) is 4.16. The van der Waals surface area contributed by atoms with Crippen molar-refractivity contribution >= 4 is 17.5 Å². The molecule has 1 amide bonds. The van der Waals surface area contributed by atoms with Crippen LogP contribution in [0.4, 0.5) is 0 Å². The SMILES string of the molecule is CCCCCCN1C(=O)[C@H](Oc2ccc(Cl)cc2)[C@@H]1c1ccccc1. The van der Waals surface area contributed by atoms with Crippen molar-refractivity contribution < 1.29 is 9.53 Å². The summed E-state index contributed by atoms with van der Waals surface area (Å²) >= 11 is 5.92. The second-order valence-electron chi connectivity index (χ2n) is 6.44. The van der Waals surface area contributed by atoms with Crippen molar-refractivity contribution in [2.24, 2.45) is 0 Å². The van der Waals surface area contributed by atoms with Crippen LogP contribution in [0.1, 0.15) is 44.2 Å². The summed E-state index contributed by atoms with van der Waals surface area (Å²) in [6.45, 7) is 2.98. The van der Waals surface area contributed by atoms with Gasteiger partial charge in [-0.15, -0.1) is 0 Å². The number of halogens is 1. The predicted octanol–water partition coefficient (Wildman–Crippen LogP) is 5.25. The molecule has 1 saturated heterocycles. The van der Waals surface area contributed by atoms with E-state index >= 15 is 0 Å². The van der Waals surface area contributed by atoms with Crippen LogP contribution in [0.15, 0.2) is 54.6 Å². The van der Waals surface area contributed by atoms with Gasteiger partial charge >= 0.3 is 0 Å². The number of carbonyl (C=O) groups is 1. The van der Waals surface area contributed by atoms with Crippen molar-refractivity contribution in [3.8, 4) is 5.75 Å². The fraction of sp³-hybridized carbons (Fsp3) is 0.381. The monoisotopic (exact) mass is 357 g/mol. The van der Waals surface area contributed by atoms with Crippen LogP contribution >= 0.6 is 11.6 Å². The Bertz CT molecular complexity index is 687. The molecule has 1 aliphatic rings. The first-order chi connectivity index (χ1) is 12.2. The molecule has 2 aromatic rings. The minimum absolute atomic E-state index is 0.0222. The summed E-state index contributed by atoms with van der Waals surface area (Å²) in [6, 6.07) is 17.3. The van der Waals surface area contributed by atoms with Crippen molar-refractivity contribution in [2.45, 2.75) is 44.8 Å². The van der Waals surface area contributed by atoms with Gasteiger partial charge in [-0.2, -0.15) is 0 Å². The lowest BCUT2D eigenvalue weighted by Gasteiger charge is -2.47. The van der Waals surface area contributed by atoms with Crippen LogP contribution in [-0.4, -0.2) is 23.5 Å². The van der Waals surface area contributed by atoms with Crippen LogP contribution in [0.2, 0.25) is 5.02 Å². The number of ether oxygens (including phenoxy) is 1. The van der Waals surface area contributed by atoms with Crippen molar-refractivity contribution in [3.63, 3.8) is 0 Å². The maximum Gasteiger partial charge on any atom is 0.266 e. The Morgan fingerprint density at radius 2 is 1.72 bits per heavy atom. The van der Waals surface area contributed by atoms with Gasteiger partial charge in [0.15, 0.2) is 0 Å². The van der Waals surface area contributed by atoms with E-state index in [2.05, 4.69) is 19.1 Å². The van der Waals surface area contributed by atoms with Crippen LogP contribution in [0.25, 0.3) is 0 Å². The average Bonchev–Trinajstić information content (AvgIpc) is 2.64. The molecule has 1 fully saturated rings. The Labute approximate surface area is 154 Å². The zero-order chi connectivity index (χ0) is 17.6. The molecule has 3 nitrogen and oxygen atoms in total. The number of hydrogen-bond donors (Lipinski definition) is 0. The molecule has 0 unspecified atom stereocenters. The summed E-state index contributed by atoms with van der Waals surface area (Å²) in [4.78, 5) is 14.6. The number of hydrogen-bond acceptors (Lipinski definition) is 2. The number of amides is 1. The van der Waals surface area contributed by atoms with E-state index in [9.17, 15) is 4.79 Å². The molecule has 4 heteroatoms. The predicted molar refractivity (Wildman–Crippen MR) is 101 cm³/mol. The summed E-state index contributed by atoms with van der Waals surface area (Å²) < 4.78 is 5.99. The fourth-order valence-corrected chi connectivity index (χ4v) is 3.38. The van der Waals surface area contributed by atoms with E-state index in [1.54, 1.807) is 12.1 Å². The number of carbonyl (C=O) groups excluding carboxylic acids is 1. The molecular weight excluding hydrogens is 334 g/mol. The molecule has 132 valence electrons. The van der Waals surface area contributed by atoms with Gasteiger partial charge in [0.05, 0.1) is 0 Å². The summed E-state index contributed by atoms with van der Waals surface area (Å²) in [6.07, 6.45) is 4.14. The van der Waals surface area contributed by atoms with E-state index in [0.717, 1.165) is 24.9 Å². The lowest BCUT2D eigenvalue weighted by Crippen LogP contribution is -2.61. The lowest BCUT2D eigenvalue weighted by atomic mass is 9.90. The molecule has 0 spiro atoms. The smallest absolute Gasteiger partial charge is 0.266 e. The maximum absolute atomic E-state index is 12.7. The summed E-state index contributed by atoms with van der Waals surface area (Å²) in [5, 5.41) is 0.657. The highest BCUT2D eigenvalue weighted by atomic mass is 35.5. The second kappa shape index (κ2) is 8.39. The fourth-order valence-electron chi connectivity index (χ4n) is 3.25. The summed E-state index contributed by atoms with van der Waals surface area (Å²) in [5.41, 5.74) is 1.12. The highest BCUT2D eigenvalue weighted by molar-refractivity contribution is 6.30. The van der Waals surface area contributed by atoms with Crippen LogP contribution in [0.5, 0.6) is 5.75 Å². The molecule has 0 N–H and O–H groups in total. The Balaban J connectivity index is 1.72. The summed E-state index contributed by atoms with van der Waals surface area (Å²) in [7, 11) is 0. The molecule has 0 aromatic heterocycles. The zero-order valence-electron chi connectivity index (χ0n) is 14.5. The van der Waals surface area contributed by atoms with Crippen molar-refractivity contribution in [1.82, 2.24) is 4.90 Å². The molecule has 2 aromatic carbocycles. The van der Waals surface area contributed by atoms with Gasteiger partial charge in [-0.3, -0.25) is 4.79 Å². The molecule has 1 aliphatic heterocycles. The van der Waals surface area contributed by atoms with E-state index in [0.29, 0.717) is 10.8 Å². The minimum Gasteiger partial charge on any atom is -0.478 e. The van der Waals surface area contributed by atoms with Gasteiger partial charge in [0.2, 0.25) is 6.10 Å². The number of likely N-dealkylation sites (tertiary alicyclic amines) is 1. The first kappa shape index (κ1) is 17.8. The van der Waals surface area contributed by atoms with Crippen LogP contribution in [-0.2, 0) is 4.79 Å². The average molecular weight is 358 g/mol. The standard InChI is InChI=1S/C21H24ClNO2/c1-2-3-4-8-15-23-19(16-9-6-5-7-10-16)20(21(23)24)25-18-13-11-17(22)12-14-18/h5-7,9-14,19-20H,2-4,8,15H2,1H3/t19-,20+/m0/s1. The molecular formula is C21H24ClNO2.